The minimum absolute atomic E-state index is 1.13. The van der Waals surface area contributed by atoms with Crippen molar-refractivity contribution < 1.29 is 0 Å². The molecule has 2 aliphatic rings. The Morgan fingerprint density at radius 1 is 0.548 bits per heavy atom. The largest absolute Gasteiger partial charge is 0.115 e. The number of hydrogen-bond donors (Lipinski definition) is 0. The van der Waals surface area contributed by atoms with Gasteiger partial charge in [0.2, 0.25) is 0 Å². The molecule has 31 heavy (non-hydrogen) atoms. The van der Waals surface area contributed by atoms with Gasteiger partial charge in [-0.15, -0.1) is 0 Å². The van der Waals surface area contributed by atoms with Gasteiger partial charge in [0.1, 0.15) is 8.07 Å². The van der Waals surface area contributed by atoms with Crippen molar-refractivity contribution >= 4 is 24.4 Å². The molecule has 0 spiro atoms. The van der Waals surface area contributed by atoms with Gasteiger partial charge in [-0.2, -0.15) is 0 Å². The van der Waals surface area contributed by atoms with Crippen molar-refractivity contribution in [1.82, 2.24) is 0 Å². The molecule has 1 aliphatic carbocycles. The van der Waals surface area contributed by atoms with E-state index in [1.807, 2.05) is 0 Å². The number of allylic oxidation sites excluding steroid dienone is 7. The van der Waals surface area contributed by atoms with Crippen LogP contribution in [-0.4, -0.2) is 8.07 Å². The van der Waals surface area contributed by atoms with Crippen LogP contribution in [0.15, 0.2) is 120 Å². The summed E-state index contributed by atoms with van der Waals surface area (Å²) in [6, 6.07) is 33.1. The molecule has 1 aliphatic heterocycles. The van der Waals surface area contributed by atoms with Crippen molar-refractivity contribution in [2.24, 2.45) is 0 Å². The molecule has 0 atom stereocenters. The summed E-state index contributed by atoms with van der Waals surface area (Å²) in [6.45, 7) is 5.07. The summed E-state index contributed by atoms with van der Waals surface area (Å²) in [7, 11) is -1.98. The molecule has 0 nitrogen and oxygen atoms in total. The predicted octanol–water partition coefficient (Wildman–Crippen LogP) is 8.13. The zero-order chi connectivity index (χ0) is 21.3. The Balaban J connectivity index is 1.89. The summed E-state index contributed by atoms with van der Waals surface area (Å²) < 4.78 is 0. The highest BCUT2D eigenvalue weighted by molar-refractivity contribution is 7.05. The zero-order valence-electron chi connectivity index (χ0n) is 18.3. The molecule has 3 aromatic rings. The van der Waals surface area contributed by atoms with Crippen LogP contribution in [0.5, 0.6) is 0 Å². The highest BCUT2D eigenvalue weighted by Crippen LogP contribution is 2.54. The molecule has 0 fully saturated rings. The highest BCUT2D eigenvalue weighted by Gasteiger charge is 2.43. The highest BCUT2D eigenvalue weighted by atomic mass is 28.3. The Morgan fingerprint density at radius 3 is 1.52 bits per heavy atom. The van der Waals surface area contributed by atoms with Crippen LogP contribution in [0.25, 0.3) is 16.3 Å². The average Bonchev–Trinajstić information content (AvgIpc) is 3.08. The Bertz CT molecular complexity index is 1210. The van der Waals surface area contributed by atoms with Gasteiger partial charge in [-0.25, -0.2) is 0 Å². The van der Waals surface area contributed by atoms with E-state index in [2.05, 4.69) is 122 Å². The van der Waals surface area contributed by atoms with Gasteiger partial charge in [-0.05, 0) is 56.6 Å². The van der Waals surface area contributed by atoms with E-state index in [0.29, 0.717) is 0 Å². The molecule has 5 rings (SSSR count). The normalized spacial score (nSPS) is 17.8. The number of benzene rings is 3. The fraction of sp³-hybridized carbons (Fsp3) is 0.133. The lowest BCUT2D eigenvalue weighted by Gasteiger charge is -2.27. The van der Waals surface area contributed by atoms with E-state index in [0.717, 1.165) is 12.8 Å². The second kappa shape index (κ2) is 8.17. The lowest BCUT2D eigenvalue weighted by molar-refractivity contribution is 1.02. The summed E-state index contributed by atoms with van der Waals surface area (Å²) in [5.74, 6) is 0. The standard InChI is InChI=1S/C30H28Si/c1-31(2)29(25-19-11-5-12-20-25)27(23-15-7-3-8-16-23)28(24-17-9-4-10-18-24)30(31)26-21-13-6-14-22-26/h3-5,7-13,15-22H,6,14H2,1-2H3. The van der Waals surface area contributed by atoms with E-state index < -0.39 is 8.07 Å². The van der Waals surface area contributed by atoms with Crippen LogP contribution in [0, 0.1) is 0 Å². The van der Waals surface area contributed by atoms with E-state index >= 15 is 0 Å². The summed E-state index contributed by atoms with van der Waals surface area (Å²) in [5.41, 5.74) is 8.28. The molecule has 152 valence electrons. The van der Waals surface area contributed by atoms with Gasteiger partial charge < -0.3 is 0 Å². The van der Waals surface area contributed by atoms with Crippen LogP contribution in [0.4, 0.5) is 0 Å². The van der Waals surface area contributed by atoms with Crippen LogP contribution in [-0.2, 0) is 0 Å². The molecular formula is C30H28Si. The third-order valence-corrected chi connectivity index (χ3v) is 10.0. The molecule has 3 aromatic carbocycles. The average molecular weight is 417 g/mol. The summed E-state index contributed by atoms with van der Waals surface area (Å²) in [6.07, 6.45) is 9.45. The Morgan fingerprint density at radius 2 is 1.03 bits per heavy atom. The van der Waals surface area contributed by atoms with Crippen LogP contribution in [0.3, 0.4) is 0 Å². The van der Waals surface area contributed by atoms with Gasteiger partial charge in [-0.1, -0.05) is 122 Å². The first-order valence-electron chi connectivity index (χ1n) is 11.2. The van der Waals surface area contributed by atoms with Gasteiger partial charge >= 0.3 is 0 Å². The second-order valence-electron chi connectivity index (χ2n) is 8.86. The van der Waals surface area contributed by atoms with E-state index in [4.69, 9.17) is 0 Å². The van der Waals surface area contributed by atoms with Crippen molar-refractivity contribution in [3.8, 4) is 0 Å². The summed E-state index contributed by atoms with van der Waals surface area (Å²) in [5, 5.41) is 3.13. The van der Waals surface area contributed by atoms with Gasteiger partial charge in [0.05, 0.1) is 0 Å². The summed E-state index contributed by atoms with van der Waals surface area (Å²) >= 11 is 0. The topological polar surface area (TPSA) is 0 Å². The zero-order valence-corrected chi connectivity index (χ0v) is 19.3. The van der Waals surface area contributed by atoms with Gasteiger partial charge in [0.25, 0.3) is 0 Å². The quantitative estimate of drug-likeness (QED) is 0.377. The van der Waals surface area contributed by atoms with Crippen molar-refractivity contribution in [3.05, 3.63) is 137 Å². The van der Waals surface area contributed by atoms with E-state index in [9.17, 15) is 0 Å². The molecule has 0 N–H and O–H groups in total. The molecule has 1 heteroatoms. The minimum Gasteiger partial charge on any atom is -0.0836 e. The van der Waals surface area contributed by atoms with Gasteiger partial charge in [0, 0.05) is 0 Å². The molecule has 0 amide bonds. The Hall–Kier alpha value is -3.16. The first kappa shape index (κ1) is 19.8. The van der Waals surface area contributed by atoms with E-state index in [1.165, 1.54) is 33.4 Å². The third-order valence-electron chi connectivity index (χ3n) is 6.47. The molecule has 0 radical (unpaired) electrons. The summed E-state index contributed by atoms with van der Waals surface area (Å²) in [4.78, 5) is 0. The van der Waals surface area contributed by atoms with Crippen LogP contribution in [0.1, 0.15) is 29.5 Å². The van der Waals surface area contributed by atoms with Crippen LogP contribution < -0.4 is 0 Å². The monoisotopic (exact) mass is 416 g/mol. The maximum absolute atomic E-state index is 2.53. The van der Waals surface area contributed by atoms with E-state index in [-0.39, 0.29) is 0 Å². The lowest BCUT2D eigenvalue weighted by Crippen LogP contribution is -2.30. The first-order valence-corrected chi connectivity index (χ1v) is 14.2. The first-order chi connectivity index (χ1) is 15.2. The minimum atomic E-state index is -1.98. The molecule has 0 aromatic heterocycles. The van der Waals surface area contributed by atoms with Crippen molar-refractivity contribution in [2.75, 3.05) is 0 Å². The molecule has 0 bridgehead atoms. The lowest BCUT2D eigenvalue weighted by atomic mass is 9.88. The predicted molar refractivity (Wildman–Crippen MR) is 137 cm³/mol. The Kier molecular flexibility index (Phi) is 5.21. The molecule has 0 saturated carbocycles. The SMILES string of the molecule is C[Si]1(C)C(C2=CCCC=C2)=C(c2ccccc2)C(c2ccccc2)=C1c1ccccc1. The molecule has 0 saturated heterocycles. The maximum Gasteiger partial charge on any atom is 0.115 e. The van der Waals surface area contributed by atoms with Crippen LogP contribution in [0.2, 0.25) is 13.1 Å². The van der Waals surface area contributed by atoms with Crippen LogP contribution >= 0.6 is 0 Å². The van der Waals surface area contributed by atoms with Crippen molar-refractivity contribution in [2.45, 2.75) is 25.9 Å². The Labute approximate surface area is 187 Å². The number of rotatable bonds is 4. The van der Waals surface area contributed by atoms with Crippen molar-refractivity contribution in [1.29, 1.82) is 0 Å². The second-order valence-corrected chi connectivity index (χ2v) is 13.1. The fourth-order valence-corrected chi connectivity index (χ4v) is 9.04. The van der Waals surface area contributed by atoms with E-state index in [1.54, 1.807) is 10.4 Å². The van der Waals surface area contributed by atoms with Crippen molar-refractivity contribution in [3.63, 3.8) is 0 Å². The van der Waals surface area contributed by atoms with Gasteiger partial charge in [0.15, 0.2) is 0 Å². The van der Waals surface area contributed by atoms with Gasteiger partial charge in [-0.3, -0.25) is 0 Å². The molecular weight excluding hydrogens is 388 g/mol. The molecule has 0 unspecified atom stereocenters. The third kappa shape index (κ3) is 3.49. The molecule has 1 heterocycles. The fourth-order valence-electron chi connectivity index (χ4n) is 5.20. The maximum atomic E-state index is 2.53. The number of hydrogen-bond acceptors (Lipinski definition) is 0. The smallest absolute Gasteiger partial charge is 0.0836 e.